The molecule has 8 aromatic rings. The van der Waals surface area contributed by atoms with Gasteiger partial charge >= 0.3 is 0 Å². The average molecular weight is 613 g/mol. The van der Waals surface area contributed by atoms with Crippen LogP contribution in [0.25, 0.3) is 78.1 Å². The van der Waals surface area contributed by atoms with E-state index in [9.17, 15) is 0 Å². The second kappa shape index (κ2) is 13.2. The lowest BCUT2D eigenvalue weighted by atomic mass is 9.87. The molecular formula is C46H32N2. The van der Waals surface area contributed by atoms with Crippen molar-refractivity contribution < 1.29 is 0 Å². The van der Waals surface area contributed by atoms with E-state index in [4.69, 9.17) is 4.98 Å². The second-order valence-electron chi connectivity index (χ2n) is 11.8. The summed E-state index contributed by atoms with van der Waals surface area (Å²) < 4.78 is 0. The molecule has 226 valence electrons. The summed E-state index contributed by atoms with van der Waals surface area (Å²) in [5.74, 6) is 0. The molecule has 8 rings (SSSR count). The van der Waals surface area contributed by atoms with Gasteiger partial charge in [-0.3, -0.25) is 4.98 Å². The molecule has 0 unspecified atom stereocenters. The van der Waals surface area contributed by atoms with Gasteiger partial charge in [0.15, 0.2) is 0 Å². The van der Waals surface area contributed by atoms with Crippen LogP contribution in [-0.2, 0) is 0 Å². The summed E-state index contributed by atoms with van der Waals surface area (Å²) in [6.45, 7) is 0. The first-order chi connectivity index (χ1) is 23.8. The Hall–Kier alpha value is -6.38. The Morgan fingerprint density at radius 3 is 1.33 bits per heavy atom. The van der Waals surface area contributed by atoms with E-state index in [1.54, 1.807) is 6.20 Å². The summed E-state index contributed by atoms with van der Waals surface area (Å²) in [7, 11) is 0. The lowest BCUT2D eigenvalue weighted by Crippen LogP contribution is -1.91. The third-order valence-corrected chi connectivity index (χ3v) is 8.80. The highest BCUT2D eigenvalue weighted by Gasteiger charge is 2.15. The van der Waals surface area contributed by atoms with Crippen LogP contribution in [0.1, 0.15) is 0 Å². The first kappa shape index (κ1) is 29.1. The Kier molecular flexibility index (Phi) is 7.96. The Bertz CT molecular complexity index is 2310. The minimum atomic E-state index is 0.914. The van der Waals surface area contributed by atoms with Crippen LogP contribution in [0.2, 0.25) is 0 Å². The maximum atomic E-state index is 4.95. The fourth-order valence-electron chi connectivity index (χ4n) is 6.41. The van der Waals surface area contributed by atoms with E-state index in [1.165, 1.54) is 50.1 Å². The molecule has 0 atom stereocenters. The van der Waals surface area contributed by atoms with Gasteiger partial charge in [0, 0.05) is 23.5 Å². The lowest BCUT2D eigenvalue weighted by Gasteiger charge is -2.17. The van der Waals surface area contributed by atoms with Crippen molar-refractivity contribution in [1.82, 2.24) is 9.97 Å². The zero-order valence-electron chi connectivity index (χ0n) is 26.4. The van der Waals surface area contributed by atoms with E-state index < -0.39 is 0 Å². The Balaban J connectivity index is 1.23. The predicted octanol–water partition coefficient (Wildman–Crippen LogP) is 12.1. The van der Waals surface area contributed by atoms with Gasteiger partial charge in [-0.05, 0) is 98.1 Å². The summed E-state index contributed by atoms with van der Waals surface area (Å²) in [6, 6.07) is 64.6. The summed E-state index contributed by atoms with van der Waals surface area (Å²) in [5.41, 5.74) is 15.9. The van der Waals surface area contributed by atoms with Gasteiger partial charge in [0.25, 0.3) is 0 Å². The van der Waals surface area contributed by atoms with Crippen molar-refractivity contribution in [1.29, 1.82) is 0 Å². The molecule has 48 heavy (non-hydrogen) atoms. The van der Waals surface area contributed by atoms with Crippen molar-refractivity contribution in [2.24, 2.45) is 0 Å². The van der Waals surface area contributed by atoms with Gasteiger partial charge in [-0.15, -0.1) is 0 Å². The van der Waals surface area contributed by atoms with Crippen LogP contribution in [0.5, 0.6) is 0 Å². The molecule has 0 aliphatic rings. The summed E-state index contributed by atoms with van der Waals surface area (Å²) in [6.07, 6.45) is 3.64. The molecule has 0 saturated heterocycles. The number of benzene rings is 6. The van der Waals surface area contributed by atoms with E-state index in [2.05, 4.69) is 169 Å². The lowest BCUT2D eigenvalue weighted by molar-refractivity contribution is 1.28. The first-order valence-corrected chi connectivity index (χ1v) is 16.2. The third-order valence-electron chi connectivity index (χ3n) is 8.80. The van der Waals surface area contributed by atoms with Crippen LogP contribution < -0.4 is 0 Å². The van der Waals surface area contributed by atoms with Crippen LogP contribution in [0.3, 0.4) is 0 Å². The standard InChI is InChI=1S/C46H32N2/c1-3-13-33(14-4-1)38-29-39(34-24-26-36(27-25-34)45-22-11-23-46(48-45)37-17-12-28-47-32-37)31-40(30-38)42-19-8-10-21-44(42)43-20-9-7-18-41(43)35-15-5-2-6-16-35/h1-32H. The molecule has 0 amide bonds. The van der Waals surface area contributed by atoms with Crippen molar-refractivity contribution in [3.63, 3.8) is 0 Å². The van der Waals surface area contributed by atoms with Crippen molar-refractivity contribution in [2.45, 2.75) is 0 Å². The molecule has 0 bridgehead atoms. The quantitative estimate of drug-likeness (QED) is 0.179. The number of nitrogens with zero attached hydrogens (tertiary/aromatic N) is 2. The van der Waals surface area contributed by atoms with Crippen LogP contribution >= 0.6 is 0 Å². The summed E-state index contributed by atoms with van der Waals surface area (Å²) in [4.78, 5) is 9.22. The van der Waals surface area contributed by atoms with Gasteiger partial charge in [-0.1, -0.05) is 140 Å². The molecule has 0 fully saturated rings. The first-order valence-electron chi connectivity index (χ1n) is 16.2. The van der Waals surface area contributed by atoms with Gasteiger partial charge in [-0.2, -0.15) is 0 Å². The topological polar surface area (TPSA) is 25.8 Å². The molecule has 0 radical (unpaired) electrons. The molecule has 2 aromatic heterocycles. The number of aromatic nitrogens is 2. The van der Waals surface area contributed by atoms with Crippen LogP contribution in [-0.4, -0.2) is 9.97 Å². The highest BCUT2D eigenvalue weighted by atomic mass is 14.7. The van der Waals surface area contributed by atoms with E-state index in [0.717, 1.165) is 28.1 Å². The number of rotatable bonds is 7. The normalized spacial score (nSPS) is 10.9. The van der Waals surface area contributed by atoms with Crippen LogP contribution in [0, 0.1) is 0 Å². The Morgan fingerprint density at radius 2 is 0.729 bits per heavy atom. The average Bonchev–Trinajstić information content (AvgIpc) is 3.19. The van der Waals surface area contributed by atoms with Crippen molar-refractivity contribution in [3.05, 3.63) is 194 Å². The van der Waals surface area contributed by atoms with Gasteiger partial charge in [0.2, 0.25) is 0 Å². The van der Waals surface area contributed by atoms with Gasteiger partial charge in [-0.25, -0.2) is 4.98 Å². The molecule has 0 spiro atoms. The van der Waals surface area contributed by atoms with E-state index in [-0.39, 0.29) is 0 Å². The van der Waals surface area contributed by atoms with E-state index in [1.807, 2.05) is 24.4 Å². The smallest absolute Gasteiger partial charge is 0.0725 e. The molecule has 2 heterocycles. The molecule has 2 nitrogen and oxygen atoms in total. The van der Waals surface area contributed by atoms with Crippen molar-refractivity contribution in [3.8, 4) is 78.1 Å². The molecular weight excluding hydrogens is 581 g/mol. The van der Waals surface area contributed by atoms with Gasteiger partial charge in [0.05, 0.1) is 11.4 Å². The van der Waals surface area contributed by atoms with Gasteiger partial charge < -0.3 is 0 Å². The highest BCUT2D eigenvalue weighted by Crippen LogP contribution is 2.41. The fourth-order valence-corrected chi connectivity index (χ4v) is 6.41. The fraction of sp³-hybridized carbons (Fsp3) is 0. The highest BCUT2D eigenvalue weighted by molar-refractivity contribution is 5.93. The Labute approximate surface area is 281 Å². The van der Waals surface area contributed by atoms with Crippen LogP contribution in [0.4, 0.5) is 0 Å². The minimum Gasteiger partial charge on any atom is -0.264 e. The maximum absolute atomic E-state index is 4.95. The molecule has 2 heteroatoms. The van der Waals surface area contributed by atoms with Crippen molar-refractivity contribution >= 4 is 0 Å². The number of hydrogen-bond acceptors (Lipinski definition) is 2. The zero-order chi connectivity index (χ0) is 32.1. The zero-order valence-corrected chi connectivity index (χ0v) is 26.4. The van der Waals surface area contributed by atoms with E-state index in [0.29, 0.717) is 0 Å². The molecule has 0 N–H and O–H groups in total. The molecule has 6 aromatic carbocycles. The van der Waals surface area contributed by atoms with Crippen molar-refractivity contribution in [2.75, 3.05) is 0 Å². The second-order valence-corrected chi connectivity index (χ2v) is 11.8. The minimum absolute atomic E-state index is 0.914. The monoisotopic (exact) mass is 612 g/mol. The van der Waals surface area contributed by atoms with E-state index >= 15 is 0 Å². The maximum Gasteiger partial charge on any atom is 0.0725 e. The number of hydrogen-bond donors (Lipinski definition) is 0. The number of pyridine rings is 2. The third kappa shape index (κ3) is 5.95. The summed E-state index contributed by atoms with van der Waals surface area (Å²) in [5, 5.41) is 0. The predicted molar refractivity (Wildman–Crippen MR) is 200 cm³/mol. The molecule has 0 aliphatic heterocycles. The Morgan fingerprint density at radius 1 is 0.271 bits per heavy atom. The SMILES string of the molecule is c1ccc(-c2cc(-c3ccc(-c4cccc(-c5cccnc5)n4)cc3)cc(-c3ccccc3-c3ccccc3-c3ccccc3)c2)cc1. The molecule has 0 saturated carbocycles. The largest absolute Gasteiger partial charge is 0.264 e. The van der Waals surface area contributed by atoms with Gasteiger partial charge in [0.1, 0.15) is 0 Å². The molecule has 0 aliphatic carbocycles. The summed E-state index contributed by atoms with van der Waals surface area (Å²) >= 11 is 0. The van der Waals surface area contributed by atoms with Crippen LogP contribution in [0.15, 0.2) is 194 Å².